The first kappa shape index (κ1) is 23.8. The van der Waals surface area contributed by atoms with Gasteiger partial charge in [0.1, 0.15) is 0 Å². The number of rotatable bonds is 7. The molecule has 6 nitrogen and oxygen atoms in total. The summed E-state index contributed by atoms with van der Waals surface area (Å²) in [5, 5.41) is 3.63. The van der Waals surface area contributed by atoms with Gasteiger partial charge < -0.3 is 10.1 Å². The van der Waals surface area contributed by atoms with E-state index in [1.165, 1.54) is 28.6 Å². The molecule has 172 valence electrons. The Hall–Kier alpha value is -2.36. The Morgan fingerprint density at radius 3 is 2.33 bits per heavy atom. The summed E-state index contributed by atoms with van der Waals surface area (Å²) in [4.78, 5) is 13.9. The summed E-state index contributed by atoms with van der Waals surface area (Å²) in [5.74, 6) is 0.433. The lowest BCUT2D eigenvalue weighted by Gasteiger charge is -2.26. The van der Waals surface area contributed by atoms with Gasteiger partial charge in [0.15, 0.2) is 0 Å². The lowest BCUT2D eigenvalue weighted by atomic mass is 10.2. The number of hydrogen-bond acceptors (Lipinski definition) is 5. The zero-order valence-corrected chi connectivity index (χ0v) is 20.1. The van der Waals surface area contributed by atoms with E-state index in [1.807, 2.05) is 48.5 Å². The monoisotopic (exact) mass is 502 g/mol. The van der Waals surface area contributed by atoms with Crippen LogP contribution in [0.5, 0.6) is 0 Å². The first-order valence-electron chi connectivity index (χ1n) is 10.4. The van der Waals surface area contributed by atoms with Crippen molar-refractivity contribution < 1.29 is 17.9 Å². The molecule has 1 saturated heterocycles. The van der Waals surface area contributed by atoms with Gasteiger partial charge in [-0.15, -0.1) is 11.8 Å². The van der Waals surface area contributed by atoms with E-state index < -0.39 is 10.0 Å². The SMILES string of the molecule is O=C(Nc1ccccc1SCc1ccc(Cl)cc1)c1ccc(S(=O)(=O)N2CCOCC2)cc1. The Kier molecular flexibility index (Phi) is 7.72. The number of thioether (sulfide) groups is 1. The molecule has 0 atom stereocenters. The van der Waals surface area contributed by atoms with E-state index in [0.29, 0.717) is 42.6 Å². The van der Waals surface area contributed by atoms with Gasteiger partial charge in [-0.3, -0.25) is 4.79 Å². The summed E-state index contributed by atoms with van der Waals surface area (Å²) < 4.78 is 32.2. The highest BCUT2D eigenvalue weighted by Gasteiger charge is 2.26. The summed E-state index contributed by atoms with van der Waals surface area (Å²) >= 11 is 7.56. The van der Waals surface area contributed by atoms with Crippen LogP contribution in [-0.2, 0) is 20.5 Å². The summed E-state index contributed by atoms with van der Waals surface area (Å²) in [7, 11) is -3.60. The number of para-hydroxylation sites is 1. The maximum Gasteiger partial charge on any atom is 0.255 e. The molecule has 0 radical (unpaired) electrons. The quantitative estimate of drug-likeness (QED) is 0.465. The van der Waals surface area contributed by atoms with Crippen LogP contribution in [0.2, 0.25) is 5.02 Å². The first-order chi connectivity index (χ1) is 15.9. The van der Waals surface area contributed by atoms with Crippen LogP contribution < -0.4 is 5.32 Å². The number of carbonyl (C=O) groups excluding carboxylic acids is 1. The predicted molar refractivity (Wildman–Crippen MR) is 131 cm³/mol. The van der Waals surface area contributed by atoms with Crippen molar-refractivity contribution in [2.24, 2.45) is 0 Å². The molecule has 0 aliphatic carbocycles. The fourth-order valence-electron chi connectivity index (χ4n) is 3.35. The standard InChI is InChI=1S/C24H23ClN2O4S2/c25-20-9-5-18(6-10-20)17-32-23-4-2-1-3-22(23)26-24(28)19-7-11-21(12-8-19)33(29,30)27-13-15-31-16-14-27/h1-12H,13-17H2,(H,26,28). The van der Waals surface area contributed by atoms with Crippen molar-refractivity contribution in [3.05, 3.63) is 88.9 Å². The predicted octanol–water partition coefficient (Wildman–Crippen LogP) is 4.91. The van der Waals surface area contributed by atoms with E-state index in [4.69, 9.17) is 16.3 Å². The Morgan fingerprint density at radius 2 is 1.64 bits per heavy atom. The Bertz CT molecular complexity index is 1210. The van der Waals surface area contributed by atoms with E-state index in [2.05, 4.69) is 5.32 Å². The second-order valence-corrected chi connectivity index (χ2v) is 10.8. The third kappa shape index (κ3) is 5.96. The summed E-state index contributed by atoms with van der Waals surface area (Å²) in [6.07, 6.45) is 0. The van der Waals surface area contributed by atoms with Crippen molar-refractivity contribution in [2.45, 2.75) is 15.5 Å². The van der Waals surface area contributed by atoms with Crippen LogP contribution in [0, 0.1) is 0 Å². The highest BCUT2D eigenvalue weighted by Crippen LogP contribution is 2.30. The van der Waals surface area contributed by atoms with Crippen LogP contribution in [-0.4, -0.2) is 44.9 Å². The number of sulfonamides is 1. The van der Waals surface area contributed by atoms with Crippen LogP contribution in [0.3, 0.4) is 0 Å². The van der Waals surface area contributed by atoms with E-state index in [9.17, 15) is 13.2 Å². The van der Waals surface area contributed by atoms with Crippen molar-refractivity contribution in [1.82, 2.24) is 4.31 Å². The zero-order valence-electron chi connectivity index (χ0n) is 17.7. The molecule has 0 bridgehead atoms. The molecule has 4 rings (SSSR count). The van der Waals surface area contributed by atoms with Gasteiger partial charge >= 0.3 is 0 Å². The molecule has 1 N–H and O–H groups in total. The zero-order chi connectivity index (χ0) is 23.3. The van der Waals surface area contributed by atoms with Gasteiger partial charge in [-0.1, -0.05) is 35.9 Å². The van der Waals surface area contributed by atoms with E-state index >= 15 is 0 Å². The Morgan fingerprint density at radius 1 is 0.970 bits per heavy atom. The van der Waals surface area contributed by atoms with Gasteiger partial charge in [0.05, 0.1) is 23.8 Å². The number of morpholine rings is 1. The first-order valence-corrected chi connectivity index (χ1v) is 13.2. The minimum absolute atomic E-state index is 0.167. The highest BCUT2D eigenvalue weighted by atomic mass is 35.5. The average molecular weight is 503 g/mol. The molecule has 3 aromatic rings. The fraction of sp³-hybridized carbons (Fsp3) is 0.208. The fourth-order valence-corrected chi connectivity index (χ4v) is 5.84. The molecule has 9 heteroatoms. The molecule has 0 aromatic heterocycles. The maximum atomic E-state index is 12.8. The lowest BCUT2D eigenvalue weighted by molar-refractivity contribution is 0.0730. The third-order valence-electron chi connectivity index (χ3n) is 5.17. The number of benzene rings is 3. The number of anilines is 1. The number of hydrogen-bond donors (Lipinski definition) is 1. The number of nitrogens with zero attached hydrogens (tertiary/aromatic N) is 1. The summed E-state index contributed by atoms with van der Waals surface area (Å²) in [6, 6.07) is 21.3. The van der Waals surface area contributed by atoms with Crippen LogP contribution in [0.25, 0.3) is 0 Å². The topological polar surface area (TPSA) is 75.7 Å². The minimum atomic E-state index is -3.60. The Balaban J connectivity index is 1.43. The van der Waals surface area contributed by atoms with Crippen LogP contribution in [0.15, 0.2) is 82.6 Å². The van der Waals surface area contributed by atoms with Gasteiger partial charge in [0.25, 0.3) is 5.91 Å². The van der Waals surface area contributed by atoms with Crippen molar-refractivity contribution in [3.8, 4) is 0 Å². The lowest BCUT2D eigenvalue weighted by Crippen LogP contribution is -2.40. The number of ether oxygens (including phenoxy) is 1. The van der Waals surface area contributed by atoms with Crippen LogP contribution >= 0.6 is 23.4 Å². The number of nitrogens with one attached hydrogen (secondary N) is 1. The van der Waals surface area contributed by atoms with Crippen molar-refractivity contribution in [3.63, 3.8) is 0 Å². The average Bonchev–Trinajstić information content (AvgIpc) is 2.85. The number of halogens is 1. The third-order valence-corrected chi connectivity index (χ3v) is 8.48. The van der Waals surface area contributed by atoms with Gasteiger partial charge in [-0.2, -0.15) is 4.31 Å². The van der Waals surface area contributed by atoms with Gasteiger partial charge in [0, 0.05) is 34.3 Å². The second-order valence-electron chi connectivity index (χ2n) is 7.41. The molecule has 3 aromatic carbocycles. The van der Waals surface area contributed by atoms with E-state index in [-0.39, 0.29) is 10.8 Å². The molecular formula is C24H23ClN2O4S2. The van der Waals surface area contributed by atoms with Gasteiger partial charge in [0.2, 0.25) is 10.0 Å². The number of amides is 1. The van der Waals surface area contributed by atoms with Gasteiger partial charge in [-0.25, -0.2) is 8.42 Å². The molecule has 1 fully saturated rings. The molecule has 0 unspecified atom stereocenters. The molecule has 1 aliphatic heterocycles. The molecule has 1 heterocycles. The van der Waals surface area contributed by atoms with Crippen LogP contribution in [0.4, 0.5) is 5.69 Å². The second kappa shape index (κ2) is 10.7. The van der Waals surface area contributed by atoms with Crippen molar-refractivity contribution in [2.75, 3.05) is 31.6 Å². The highest BCUT2D eigenvalue weighted by molar-refractivity contribution is 7.98. The normalized spacial score (nSPS) is 14.7. The van der Waals surface area contributed by atoms with Crippen molar-refractivity contribution >= 4 is 45.0 Å². The summed E-state index contributed by atoms with van der Waals surface area (Å²) in [5.41, 5.74) is 2.21. The molecule has 33 heavy (non-hydrogen) atoms. The number of carbonyl (C=O) groups is 1. The molecular weight excluding hydrogens is 480 g/mol. The molecule has 0 saturated carbocycles. The van der Waals surface area contributed by atoms with Crippen molar-refractivity contribution in [1.29, 1.82) is 0 Å². The van der Waals surface area contributed by atoms with Crippen LogP contribution in [0.1, 0.15) is 15.9 Å². The van der Waals surface area contributed by atoms with E-state index in [0.717, 1.165) is 16.2 Å². The smallest absolute Gasteiger partial charge is 0.255 e. The minimum Gasteiger partial charge on any atom is -0.379 e. The molecule has 1 amide bonds. The molecule has 0 spiro atoms. The van der Waals surface area contributed by atoms with Gasteiger partial charge in [-0.05, 0) is 54.1 Å². The Labute approximate surface area is 203 Å². The maximum absolute atomic E-state index is 12.8. The molecule has 1 aliphatic rings. The summed E-state index contributed by atoms with van der Waals surface area (Å²) in [6.45, 7) is 1.43. The largest absolute Gasteiger partial charge is 0.379 e. The van der Waals surface area contributed by atoms with E-state index in [1.54, 1.807) is 11.8 Å².